The van der Waals surface area contributed by atoms with Gasteiger partial charge in [-0.1, -0.05) is 29.3 Å². The Kier molecular flexibility index (Phi) is 5.57. The van der Waals surface area contributed by atoms with Gasteiger partial charge in [0.1, 0.15) is 0 Å². The van der Waals surface area contributed by atoms with Gasteiger partial charge in [-0.25, -0.2) is 0 Å². The SMILES string of the molecule is CCC(CBr)CN1CCC(C(F)(F)F)CC1. The van der Waals surface area contributed by atoms with E-state index >= 15 is 0 Å². The zero-order valence-electron chi connectivity index (χ0n) is 9.56. The number of halogens is 4. The monoisotopic (exact) mass is 301 g/mol. The van der Waals surface area contributed by atoms with Crippen LogP contribution in [0.4, 0.5) is 13.2 Å². The molecule has 0 bridgehead atoms. The number of alkyl halides is 4. The largest absolute Gasteiger partial charge is 0.391 e. The first-order chi connectivity index (χ1) is 7.47. The van der Waals surface area contributed by atoms with Crippen molar-refractivity contribution in [2.45, 2.75) is 32.4 Å². The average Bonchev–Trinajstić information content (AvgIpc) is 2.25. The van der Waals surface area contributed by atoms with Crippen LogP contribution in [0.1, 0.15) is 26.2 Å². The fraction of sp³-hybridized carbons (Fsp3) is 1.00. The van der Waals surface area contributed by atoms with Crippen molar-refractivity contribution < 1.29 is 13.2 Å². The van der Waals surface area contributed by atoms with Gasteiger partial charge in [0, 0.05) is 11.9 Å². The molecule has 0 aromatic carbocycles. The number of hydrogen-bond acceptors (Lipinski definition) is 1. The van der Waals surface area contributed by atoms with E-state index in [0.29, 0.717) is 19.0 Å². The van der Waals surface area contributed by atoms with E-state index in [9.17, 15) is 13.2 Å². The molecule has 96 valence electrons. The fourth-order valence-electron chi connectivity index (χ4n) is 2.10. The minimum Gasteiger partial charge on any atom is -0.303 e. The first-order valence-electron chi connectivity index (χ1n) is 5.82. The first-order valence-corrected chi connectivity index (χ1v) is 6.94. The minimum absolute atomic E-state index is 0.266. The number of nitrogens with zero attached hydrogens (tertiary/aromatic N) is 1. The molecule has 1 aliphatic rings. The molecule has 0 aliphatic carbocycles. The fourth-order valence-corrected chi connectivity index (χ4v) is 2.76. The van der Waals surface area contributed by atoms with Crippen LogP contribution in [0.2, 0.25) is 0 Å². The smallest absolute Gasteiger partial charge is 0.303 e. The maximum absolute atomic E-state index is 12.4. The Bertz CT molecular complexity index is 196. The Morgan fingerprint density at radius 3 is 2.25 bits per heavy atom. The molecular formula is C11H19BrF3N. The molecule has 0 radical (unpaired) electrons. The molecule has 0 aromatic rings. The molecule has 0 amide bonds. The summed E-state index contributed by atoms with van der Waals surface area (Å²) in [7, 11) is 0. The molecular weight excluding hydrogens is 283 g/mol. The summed E-state index contributed by atoms with van der Waals surface area (Å²) >= 11 is 3.44. The number of hydrogen-bond donors (Lipinski definition) is 0. The molecule has 1 heterocycles. The predicted molar refractivity (Wildman–Crippen MR) is 62.8 cm³/mol. The molecule has 1 nitrogen and oxygen atoms in total. The van der Waals surface area contributed by atoms with Crippen molar-refractivity contribution in [2.75, 3.05) is 25.0 Å². The molecule has 1 rings (SSSR count). The Morgan fingerprint density at radius 2 is 1.88 bits per heavy atom. The van der Waals surface area contributed by atoms with Crippen molar-refractivity contribution >= 4 is 15.9 Å². The van der Waals surface area contributed by atoms with E-state index < -0.39 is 12.1 Å². The van der Waals surface area contributed by atoms with Gasteiger partial charge in [0.05, 0.1) is 5.92 Å². The first kappa shape index (κ1) is 14.3. The van der Waals surface area contributed by atoms with Gasteiger partial charge >= 0.3 is 6.18 Å². The van der Waals surface area contributed by atoms with Crippen LogP contribution in [0.3, 0.4) is 0 Å². The lowest BCUT2D eigenvalue weighted by atomic mass is 9.95. The number of rotatable bonds is 4. The van der Waals surface area contributed by atoms with Crippen molar-refractivity contribution in [1.29, 1.82) is 0 Å². The zero-order chi connectivity index (χ0) is 12.2. The summed E-state index contributed by atoms with van der Waals surface area (Å²) in [5.74, 6) is -0.518. The van der Waals surface area contributed by atoms with Crippen LogP contribution < -0.4 is 0 Å². The third kappa shape index (κ3) is 4.24. The second kappa shape index (κ2) is 6.24. The molecule has 1 atom stereocenters. The summed E-state index contributed by atoms with van der Waals surface area (Å²) in [5, 5.41) is 0.933. The van der Waals surface area contributed by atoms with Gasteiger partial charge in [-0.05, 0) is 31.8 Å². The van der Waals surface area contributed by atoms with Crippen LogP contribution in [0.25, 0.3) is 0 Å². The van der Waals surface area contributed by atoms with E-state index in [1.165, 1.54) is 0 Å². The number of likely N-dealkylation sites (tertiary alicyclic amines) is 1. The van der Waals surface area contributed by atoms with E-state index in [1.54, 1.807) is 0 Å². The van der Waals surface area contributed by atoms with Crippen LogP contribution in [0.15, 0.2) is 0 Å². The van der Waals surface area contributed by atoms with Crippen molar-refractivity contribution in [3.05, 3.63) is 0 Å². The minimum atomic E-state index is -3.99. The Hall–Kier alpha value is 0.230. The van der Waals surface area contributed by atoms with Crippen LogP contribution >= 0.6 is 15.9 Å². The second-order valence-electron chi connectivity index (χ2n) is 4.55. The van der Waals surface area contributed by atoms with Gasteiger partial charge in [0.2, 0.25) is 0 Å². The molecule has 0 spiro atoms. The van der Waals surface area contributed by atoms with Crippen LogP contribution in [0.5, 0.6) is 0 Å². The lowest BCUT2D eigenvalue weighted by Gasteiger charge is -2.34. The maximum Gasteiger partial charge on any atom is 0.391 e. The van der Waals surface area contributed by atoms with Crippen molar-refractivity contribution in [2.24, 2.45) is 11.8 Å². The van der Waals surface area contributed by atoms with Gasteiger partial charge < -0.3 is 4.90 Å². The topological polar surface area (TPSA) is 3.24 Å². The highest BCUT2D eigenvalue weighted by Crippen LogP contribution is 2.34. The number of piperidine rings is 1. The molecule has 1 aliphatic heterocycles. The van der Waals surface area contributed by atoms with Gasteiger partial charge in [-0.3, -0.25) is 0 Å². The Balaban J connectivity index is 2.32. The van der Waals surface area contributed by atoms with Gasteiger partial charge in [-0.2, -0.15) is 13.2 Å². The average molecular weight is 302 g/mol. The zero-order valence-corrected chi connectivity index (χ0v) is 11.1. The van der Waals surface area contributed by atoms with Crippen LogP contribution in [-0.2, 0) is 0 Å². The highest BCUT2D eigenvalue weighted by molar-refractivity contribution is 9.09. The third-order valence-electron chi connectivity index (χ3n) is 3.36. The van der Waals surface area contributed by atoms with Crippen LogP contribution in [-0.4, -0.2) is 36.0 Å². The van der Waals surface area contributed by atoms with E-state index in [-0.39, 0.29) is 12.8 Å². The molecule has 1 unspecified atom stereocenters. The predicted octanol–water partition coefficient (Wildman–Crippen LogP) is 3.68. The lowest BCUT2D eigenvalue weighted by molar-refractivity contribution is -0.185. The van der Waals surface area contributed by atoms with Gasteiger partial charge in [0.25, 0.3) is 0 Å². The standard InChI is InChI=1S/C11H19BrF3N/c1-2-9(7-12)8-16-5-3-10(4-6-16)11(13,14)15/h9-10H,2-8H2,1H3. The molecule has 1 fully saturated rings. The van der Waals surface area contributed by atoms with E-state index in [4.69, 9.17) is 0 Å². The maximum atomic E-state index is 12.4. The normalized spacial score (nSPS) is 22.3. The summed E-state index contributed by atoms with van der Waals surface area (Å²) in [6, 6.07) is 0. The quantitative estimate of drug-likeness (QED) is 0.716. The molecule has 0 aromatic heterocycles. The summed E-state index contributed by atoms with van der Waals surface area (Å²) in [6.45, 7) is 4.22. The second-order valence-corrected chi connectivity index (χ2v) is 5.19. The van der Waals surface area contributed by atoms with E-state index in [2.05, 4.69) is 27.8 Å². The third-order valence-corrected chi connectivity index (χ3v) is 4.28. The molecule has 16 heavy (non-hydrogen) atoms. The van der Waals surface area contributed by atoms with E-state index in [0.717, 1.165) is 18.3 Å². The highest BCUT2D eigenvalue weighted by atomic mass is 79.9. The molecule has 5 heteroatoms. The van der Waals surface area contributed by atoms with Crippen molar-refractivity contribution in [3.63, 3.8) is 0 Å². The summed E-state index contributed by atoms with van der Waals surface area (Å²) < 4.78 is 37.3. The lowest BCUT2D eigenvalue weighted by Crippen LogP contribution is -2.41. The van der Waals surface area contributed by atoms with Crippen LogP contribution in [0, 0.1) is 11.8 Å². The molecule has 0 saturated carbocycles. The van der Waals surface area contributed by atoms with Gasteiger partial charge in [0.15, 0.2) is 0 Å². The highest BCUT2D eigenvalue weighted by Gasteiger charge is 2.41. The van der Waals surface area contributed by atoms with Gasteiger partial charge in [-0.15, -0.1) is 0 Å². The molecule has 0 N–H and O–H groups in total. The summed E-state index contributed by atoms with van der Waals surface area (Å²) in [5.41, 5.74) is 0. The molecule has 1 saturated heterocycles. The summed E-state index contributed by atoms with van der Waals surface area (Å²) in [4.78, 5) is 2.16. The van der Waals surface area contributed by atoms with Crippen molar-refractivity contribution in [1.82, 2.24) is 4.90 Å². The van der Waals surface area contributed by atoms with E-state index in [1.807, 2.05) is 0 Å². The summed E-state index contributed by atoms with van der Waals surface area (Å²) in [6.07, 6.45) is -2.39. The van der Waals surface area contributed by atoms with Crippen molar-refractivity contribution in [3.8, 4) is 0 Å². The Morgan fingerprint density at radius 1 is 1.31 bits per heavy atom. The Labute approximate surface area is 104 Å².